The molecule has 0 aliphatic carbocycles. The van der Waals surface area contributed by atoms with Gasteiger partial charge in [0.1, 0.15) is 19.8 Å². The van der Waals surface area contributed by atoms with Gasteiger partial charge in [-0.25, -0.2) is 0 Å². The van der Waals surface area contributed by atoms with Gasteiger partial charge in [-0.05, 0) is 6.42 Å². The van der Waals surface area contributed by atoms with Crippen LogP contribution < -0.4 is 10.6 Å². The van der Waals surface area contributed by atoms with Crippen LogP contribution in [-0.4, -0.2) is 108 Å². The van der Waals surface area contributed by atoms with E-state index in [1.165, 1.54) is 0 Å². The molecule has 31 heavy (non-hydrogen) atoms. The van der Waals surface area contributed by atoms with E-state index >= 15 is 0 Å². The maximum atomic E-state index is 11.6. The summed E-state index contributed by atoms with van der Waals surface area (Å²) in [6, 6.07) is 0. The second-order valence-corrected chi connectivity index (χ2v) is 7.25. The monoisotopic (exact) mass is 562 g/mol. The minimum Gasteiger partial charge on any atom is -0.379 e. The third kappa shape index (κ3) is 25.2. The van der Waals surface area contributed by atoms with Crippen molar-refractivity contribution in [2.24, 2.45) is 0 Å². The first kappa shape index (κ1) is 30.1. The van der Waals surface area contributed by atoms with Gasteiger partial charge in [0.05, 0.1) is 52.9 Å². The molecular formula is C19H35IN2O9. The summed E-state index contributed by atoms with van der Waals surface area (Å²) < 4.78 is 31.1. The Bertz CT molecular complexity index is 470. The molecule has 0 bridgehead atoms. The molecule has 0 saturated carbocycles. The summed E-state index contributed by atoms with van der Waals surface area (Å²) >= 11 is 1.66. The summed E-state index contributed by atoms with van der Waals surface area (Å²) in [6.45, 7) is 6.27. The molecular weight excluding hydrogens is 527 g/mol. The quantitative estimate of drug-likeness (QED) is 0.0979. The Morgan fingerprint density at radius 2 is 0.968 bits per heavy atom. The molecule has 0 fully saturated rings. The fraction of sp³-hybridized carbons (Fsp3) is 0.842. The van der Waals surface area contributed by atoms with E-state index in [0.29, 0.717) is 65.9 Å². The predicted molar refractivity (Wildman–Crippen MR) is 120 cm³/mol. The molecule has 0 aromatic rings. The molecule has 0 spiro atoms. The van der Waals surface area contributed by atoms with Crippen LogP contribution in [0.15, 0.2) is 0 Å². The van der Waals surface area contributed by atoms with Crippen molar-refractivity contribution in [1.82, 2.24) is 10.6 Å². The standard InChI is InChI=1S/C19H35IN2O9/c1-2-5-26-8-12-30-15-18(24)22-4-7-28-10-13-31-16-19(25)21-3-6-27-9-11-29-14-17(20)23/h2-16H2,1H3,(H,21,25)(H,22,24). The first-order valence-electron chi connectivity index (χ1n) is 10.2. The SMILES string of the molecule is CCCOCCOCC(=O)NCCOCCOCC(=O)NCCOCCOCC(=O)I. The zero-order valence-electron chi connectivity index (χ0n) is 18.2. The molecule has 12 heteroatoms. The van der Waals surface area contributed by atoms with Crippen LogP contribution in [0.1, 0.15) is 13.3 Å². The van der Waals surface area contributed by atoms with Crippen molar-refractivity contribution in [3.8, 4) is 0 Å². The van der Waals surface area contributed by atoms with E-state index in [2.05, 4.69) is 10.6 Å². The van der Waals surface area contributed by atoms with Crippen molar-refractivity contribution in [1.29, 1.82) is 0 Å². The summed E-state index contributed by atoms with van der Waals surface area (Å²) in [7, 11) is 0. The zero-order chi connectivity index (χ0) is 23.0. The van der Waals surface area contributed by atoms with Crippen LogP contribution in [0, 0.1) is 0 Å². The van der Waals surface area contributed by atoms with Crippen LogP contribution in [-0.2, 0) is 42.8 Å². The smallest absolute Gasteiger partial charge is 0.246 e. The van der Waals surface area contributed by atoms with E-state index in [9.17, 15) is 14.4 Å². The second-order valence-electron chi connectivity index (χ2n) is 6.05. The van der Waals surface area contributed by atoms with Gasteiger partial charge in [0.2, 0.25) is 15.6 Å². The summed E-state index contributed by atoms with van der Waals surface area (Å²) in [5, 5.41) is 5.33. The van der Waals surface area contributed by atoms with E-state index in [0.717, 1.165) is 6.42 Å². The maximum Gasteiger partial charge on any atom is 0.246 e. The van der Waals surface area contributed by atoms with Gasteiger partial charge in [-0.3, -0.25) is 14.4 Å². The summed E-state index contributed by atoms with van der Waals surface area (Å²) in [6.07, 6.45) is 0.954. The summed E-state index contributed by atoms with van der Waals surface area (Å²) in [5.41, 5.74) is 0. The molecule has 0 rings (SSSR count). The van der Waals surface area contributed by atoms with Crippen molar-refractivity contribution in [2.75, 3.05) is 92.4 Å². The maximum absolute atomic E-state index is 11.6. The lowest BCUT2D eigenvalue weighted by Gasteiger charge is -2.09. The van der Waals surface area contributed by atoms with E-state index in [1.807, 2.05) is 6.92 Å². The Balaban J connectivity index is 3.27. The normalized spacial score (nSPS) is 10.8. The highest BCUT2D eigenvalue weighted by Gasteiger charge is 2.02. The number of hydrogen-bond acceptors (Lipinski definition) is 9. The fourth-order valence-electron chi connectivity index (χ4n) is 1.91. The minimum atomic E-state index is -0.247. The molecule has 0 saturated heterocycles. The zero-order valence-corrected chi connectivity index (χ0v) is 20.3. The molecule has 0 aromatic carbocycles. The largest absolute Gasteiger partial charge is 0.379 e. The Morgan fingerprint density at radius 1 is 0.581 bits per heavy atom. The Labute approximate surface area is 197 Å². The number of nitrogens with one attached hydrogen (secondary N) is 2. The Morgan fingerprint density at radius 3 is 1.39 bits per heavy atom. The van der Waals surface area contributed by atoms with Crippen molar-refractivity contribution < 1.29 is 42.8 Å². The topological polar surface area (TPSA) is 131 Å². The number of hydrogen-bond donors (Lipinski definition) is 2. The van der Waals surface area contributed by atoms with Crippen LogP contribution in [0.2, 0.25) is 0 Å². The molecule has 0 heterocycles. The van der Waals surface area contributed by atoms with Crippen LogP contribution in [0.25, 0.3) is 0 Å². The fourth-order valence-corrected chi connectivity index (χ4v) is 2.13. The Kier molecular flexibility index (Phi) is 23.1. The number of rotatable bonds is 23. The van der Waals surface area contributed by atoms with Gasteiger partial charge in [-0.15, -0.1) is 0 Å². The number of halogens is 1. The average molecular weight is 562 g/mol. The van der Waals surface area contributed by atoms with Gasteiger partial charge >= 0.3 is 0 Å². The number of amides is 2. The molecule has 0 atom stereocenters. The van der Waals surface area contributed by atoms with Gasteiger partial charge in [0.15, 0.2) is 0 Å². The van der Waals surface area contributed by atoms with Crippen molar-refractivity contribution in [2.45, 2.75) is 13.3 Å². The van der Waals surface area contributed by atoms with E-state index < -0.39 is 0 Å². The van der Waals surface area contributed by atoms with Gasteiger partial charge < -0.3 is 39.1 Å². The van der Waals surface area contributed by atoms with Gasteiger partial charge in [0.25, 0.3) is 0 Å². The van der Waals surface area contributed by atoms with Crippen LogP contribution in [0.3, 0.4) is 0 Å². The second kappa shape index (κ2) is 23.8. The van der Waals surface area contributed by atoms with Crippen molar-refractivity contribution in [3.05, 3.63) is 0 Å². The number of carbonyl (C=O) groups is 3. The molecule has 11 nitrogen and oxygen atoms in total. The third-order valence-electron chi connectivity index (χ3n) is 3.28. The first-order chi connectivity index (χ1) is 15.1. The van der Waals surface area contributed by atoms with Crippen LogP contribution in [0.4, 0.5) is 0 Å². The summed E-state index contributed by atoms with van der Waals surface area (Å²) in [5.74, 6) is -0.457. The molecule has 0 aliphatic rings. The number of ether oxygens (including phenoxy) is 6. The molecule has 0 aromatic heterocycles. The predicted octanol–water partition coefficient (Wildman–Crippen LogP) is -0.310. The van der Waals surface area contributed by atoms with E-state index in [-0.39, 0.29) is 42.0 Å². The lowest BCUT2D eigenvalue weighted by molar-refractivity contribution is -0.127. The van der Waals surface area contributed by atoms with Gasteiger partial charge in [0, 0.05) is 42.3 Å². The van der Waals surface area contributed by atoms with Gasteiger partial charge in [-0.2, -0.15) is 0 Å². The van der Waals surface area contributed by atoms with Crippen LogP contribution in [0.5, 0.6) is 0 Å². The average Bonchev–Trinajstić information content (AvgIpc) is 2.74. The van der Waals surface area contributed by atoms with Crippen molar-refractivity contribution >= 4 is 38.2 Å². The molecule has 0 radical (unpaired) electrons. The highest BCUT2D eigenvalue weighted by Crippen LogP contribution is 1.87. The summed E-state index contributed by atoms with van der Waals surface area (Å²) in [4.78, 5) is 33.7. The number of carbonyl (C=O) groups excluding carboxylic acids is 3. The molecule has 2 amide bonds. The molecule has 2 N–H and O–H groups in total. The third-order valence-corrected chi connectivity index (χ3v) is 3.59. The lowest BCUT2D eigenvalue weighted by Crippen LogP contribution is -2.32. The van der Waals surface area contributed by atoms with Gasteiger partial charge in [-0.1, -0.05) is 6.92 Å². The first-order valence-corrected chi connectivity index (χ1v) is 11.3. The van der Waals surface area contributed by atoms with E-state index in [1.54, 1.807) is 22.6 Å². The van der Waals surface area contributed by atoms with E-state index in [4.69, 9.17) is 28.4 Å². The highest BCUT2D eigenvalue weighted by atomic mass is 127. The Hall–Kier alpha value is -0.900. The molecule has 182 valence electrons. The lowest BCUT2D eigenvalue weighted by atomic mass is 10.5. The minimum absolute atomic E-state index is 0.00782. The molecule has 0 aliphatic heterocycles. The highest BCUT2D eigenvalue weighted by molar-refractivity contribution is 14.1. The van der Waals surface area contributed by atoms with Crippen molar-refractivity contribution in [3.63, 3.8) is 0 Å². The molecule has 0 unspecified atom stereocenters. The van der Waals surface area contributed by atoms with Crippen LogP contribution >= 0.6 is 22.6 Å².